The summed E-state index contributed by atoms with van der Waals surface area (Å²) >= 11 is 0. The van der Waals surface area contributed by atoms with Crippen molar-refractivity contribution < 1.29 is 14.6 Å². The number of hydrogen-bond donors (Lipinski definition) is 2. The largest absolute Gasteiger partial charge is 0.508 e. The van der Waals surface area contributed by atoms with Crippen molar-refractivity contribution in [1.82, 2.24) is 4.90 Å². The molecular formula is C17H23NO4. The number of phenols is 1. The predicted octanol–water partition coefficient (Wildman–Crippen LogP) is 2.40. The Labute approximate surface area is 129 Å². The van der Waals surface area contributed by atoms with E-state index in [9.17, 15) is 15.0 Å². The minimum absolute atomic E-state index is 0.109. The van der Waals surface area contributed by atoms with Crippen LogP contribution in [-0.4, -0.2) is 33.8 Å². The number of aliphatic hydroxyl groups is 1. The molecule has 0 spiro atoms. The Hall–Kier alpha value is -1.85. The lowest BCUT2D eigenvalue weighted by Crippen LogP contribution is -2.36. The van der Waals surface area contributed by atoms with Crippen LogP contribution in [0, 0.1) is 6.92 Å². The number of phenolic OH excluding ortho intramolecular Hbond substituents is 1. The van der Waals surface area contributed by atoms with Gasteiger partial charge in [0, 0.05) is 36.1 Å². The highest BCUT2D eigenvalue weighted by Crippen LogP contribution is 2.28. The van der Waals surface area contributed by atoms with E-state index in [0.29, 0.717) is 24.2 Å². The highest BCUT2D eigenvalue weighted by molar-refractivity contribution is 5.84. The number of nitrogens with zero attached hydrogens (tertiary/aromatic N) is 1. The van der Waals surface area contributed by atoms with Gasteiger partial charge in [-0.15, -0.1) is 0 Å². The quantitative estimate of drug-likeness (QED) is 0.830. The first-order chi connectivity index (χ1) is 10.3. The Bertz CT molecular complexity index is 718. The molecule has 1 atom stereocenters. The van der Waals surface area contributed by atoms with Gasteiger partial charge in [0.2, 0.25) is 0 Å². The van der Waals surface area contributed by atoms with Crippen LogP contribution in [-0.2, 0) is 6.54 Å². The lowest BCUT2D eigenvalue weighted by molar-refractivity contribution is 0.103. The number of aliphatic hydroxyl groups excluding tert-OH is 1. The van der Waals surface area contributed by atoms with Crippen LogP contribution in [0.3, 0.4) is 0 Å². The average Bonchev–Trinajstić information content (AvgIpc) is 2.42. The van der Waals surface area contributed by atoms with E-state index in [2.05, 4.69) is 4.90 Å². The van der Waals surface area contributed by atoms with Gasteiger partial charge in [0.15, 0.2) is 0 Å². The molecule has 0 bridgehead atoms. The second-order valence-electron chi connectivity index (χ2n) is 6.05. The zero-order valence-corrected chi connectivity index (χ0v) is 13.5. The Balaban J connectivity index is 2.50. The smallest absolute Gasteiger partial charge is 0.336 e. The van der Waals surface area contributed by atoms with Gasteiger partial charge in [0.25, 0.3) is 0 Å². The van der Waals surface area contributed by atoms with Crippen LogP contribution in [0.15, 0.2) is 27.4 Å². The van der Waals surface area contributed by atoms with Crippen molar-refractivity contribution >= 4 is 11.0 Å². The maximum Gasteiger partial charge on any atom is 0.336 e. The lowest BCUT2D eigenvalue weighted by atomic mass is 10.1. The molecule has 120 valence electrons. The second-order valence-corrected chi connectivity index (χ2v) is 6.05. The van der Waals surface area contributed by atoms with E-state index in [4.69, 9.17) is 4.42 Å². The van der Waals surface area contributed by atoms with Gasteiger partial charge in [0.1, 0.15) is 11.3 Å². The summed E-state index contributed by atoms with van der Waals surface area (Å²) in [6.45, 7) is 8.63. The van der Waals surface area contributed by atoms with E-state index in [-0.39, 0.29) is 11.8 Å². The highest BCUT2D eigenvalue weighted by atomic mass is 16.4. The predicted molar refractivity (Wildman–Crippen MR) is 86.1 cm³/mol. The molecule has 2 aromatic rings. The molecule has 5 nitrogen and oxygen atoms in total. The normalized spacial score (nSPS) is 13.2. The van der Waals surface area contributed by atoms with Crippen LogP contribution in [0.4, 0.5) is 0 Å². The third kappa shape index (κ3) is 3.48. The van der Waals surface area contributed by atoms with Crippen molar-refractivity contribution in [2.24, 2.45) is 0 Å². The van der Waals surface area contributed by atoms with E-state index >= 15 is 0 Å². The van der Waals surface area contributed by atoms with Gasteiger partial charge in [-0.2, -0.15) is 0 Å². The van der Waals surface area contributed by atoms with Crippen molar-refractivity contribution in [3.05, 3.63) is 39.7 Å². The van der Waals surface area contributed by atoms with Crippen LogP contribution in [0.1, 0.15) is 31.9 Å². The Morgan fingerprint density at radius 3 is 2.55 bits per heavy atom. The fraction of sp³-hybridized carbons (Fsp3) is 0.471. The van der Waals surface area contributed by atoms with Gasteiger partial charge in [0.05, 0.1) is 6.10 Å². The maximum atomic E-state index is 11.8. The fourth-order valence-corrected chi connectivity index (χ4v) is 2.56. The molecule has 1 aromatic carbocycles. The number of fused-ring (bicyclic) bond motifs is 1. The summed E-state index contributed by atoms with van der Waals surface area (Å²) in [6.07, 6.45) is -0.445. The third-order valence-corrected chi connectivity index (χ3v) is 3.82. The summed E-state index contributed by atoms with van der Waals surface area (Å²) in [7, 11) is 0. The van der Waals surface area contributed by atoms with Crippen LogP contribution < -0.4 is 5.63 Å². The number of hydrogen-bond acceptors (Lipinski definition) is 5. The maximum absolute atomic E-state index is 11.8. The van der Waals surface area contributed by atoms with Gasteiger partial charge >= 0.3 is 5.63 Å². The second kappa shape index (κ2) is 6.50. The van der Waals surface area contributed by atoms with Crippen molar-refractivity contribution in [2.75, 3.05) is 6.54 Å². The molecule has 0 saturated heterocycles. The van der Waals surface area contributed by atoms with E-state index < -0.39 is 11.7 Å². The molecule has 1 aromatic heterocycles. The molecule has 0 amide bonds. The molecule has 0 fully saturated rings. The van der Waals surface area contributed by atoms with Crippen LogP contribution >= 0.6 is 0 Å². The highest BCUT2D eigenvalue weighted by Gasteiger charge is 2.16. The molecule has 5 heteroatoms. The number of aromatic hydroxyl groups is 1. The van der Waals surface area contributed by atoms with Crippen molar-refractivity contribution in [3.8, 4) is 5.75 Å². The molecule has 2 N–H and O–H groups in total. The molecule has 1 heterocycles. The summed E-state index contributed by atoms with van der Waals surface area (Å²) in [5, 5.41) is 20.2. The van der Waals surface area contributed by atoms with Crippen LogP contribution in [0.2, 0.25) is 0 Å². The van der Waals surface area contributed by atoms with E-state index in [1.54, 1.807) is 26.0 Å². The summed E-state index contributed by atoms with van der Waals surface area (Å²) in [6, 6.07) is 5.08. The van der Waals surface area contributed by atoms with Gasteiger partial charge in [-0.3, -0.25) is 4.90 Å². The van der Waals surface area contributed by atoms with E-state index in [0.717, 1.165) is 10.9 Å². The molecule has 0 aliphatic heterocycles. The minimum atomic E-state index is -0.445. The molecule has 0 saturated carbocycles. The standard InChI is InChI=1S/C17H23NO4/c1-10(2)18(8-11(3)19)9-13-7-16(21)22-17-12(4)15(20)6-5-14(13)17/h5-7,10-11,19-20H,8-9H2,1-4H3. The molecular weight excluding hydrogens is 282 g/mol. The zero-order chi connectivity index (χ0) is 16.4. The first kappa shape index (κ1) is 16.5. The summed E-state index contributed by atoms with van der Waals surface area (Å²) in [4.78, 5) is 13.9. The molecule has 0 aliphatic rings. The van der Waals surface area contributed by atoms with E-state index in [1.165, 1.54) is 6.07 Å². The lowest BCUT2D eigenvalue weighted by Gasteiger charge is -2.28. The zero-order valence-electron chi connectivity index (χ0n) is 13.5. The minimum Gasteiger partial charge on any atom is -0.508 e. The van der Waals surface area contributed by atoms with Crippen molar-refractivity contribution in [3.63, 3.8) is 0 Å². The van der Waals surface area contributed by atoms with Gasteiger partial charge in [-0.05, 0) is 45.4 Å². The monoisotopic (exact) mass is 305 g/mol. The van der Waals surface area contributed by atoms with Gasteiger partial charge in [-0.1, -0.05) is 0 Å². The molecule has 0 aliphatic carbocycles. The van der Waals surface area contributed by atoms with Gasteiger partial charge in [-0.25, -0.2) is 4.79 Å². The Morgan fingerprint density at radius 1 is 1.27 bits per heavy atom. The Kier molecular flexibility index (Phi) is 4.88. The summed E-state index contributed by atoms with van der Waals surface area (Å²) in [5.41, 5.74) is 1.38. The van der Waals surface area contributed by atoms with Gasteiger partial charge < -0.3 is 14.6 Å². The third-order valence-electron chi connectivity index (χ3n) is 3.82. The van der Waals surface area contributed by atoms with Crippen molar-refractivity contribution in [1.29, 1.82) is 0 Å². The molecule has 0 radical (unpaired) electrons. The summed E-state index contributed by atoms with van der Waals surface area (Å²) in [5.74, 6) is 0.109. The Morgan fingerprint density at radius 2 is 1.95 bits per heavy atom. The number of rotatable bonds is 5. The summed E-state index contributed by atoms with van der Waals surface area (Å²) < 4.78 is 5.25. The number of aryl methyl sites for hydroxylation is 1. The average molecular weight is 305 g/mol. The van der Waals surface area contributed by atoms with Crippen LogP contribution in [0.5, 0.6) is 5.75 Å². The van der Waals surface area contributed by atoms with E-state index in [1.807, 2.05) is 13.8 Å². The molecule has 1 unspecified atom stereocenters. The SMILES string of the molecule is Cc1c(O)ccc2c(CN(CC(C)O)C(C)C)cc(=O)oc12. The molecule has 2 rings (SSSR count). The van der Waals surface area contributed by atoms with Crippen LogP contribution in [0.25, 0.3) is 11.0 Å². The van der Waals surface area contributed by atoms with Crippen molar-refractivity contribution in [2.45, 2.75) is 46.4 Å². The molecule has 22 heavy (non-hydrogen) atoms. The first-order valence-corrected chi connectivity index (χ1v) is 7.47. The first-order valence-electron chi connectivity index (χ1n) is 7.47. The topological polar surface area (TPSA) is 73.9 Å². The fourth-order valence-electron chi connectivity index (χ4n) is 2.56. The number of benzene rings is 1.